The fourth-order valence-electron chi connectivity index (χ4n) is 2.76. The van der Waals surface area contributed by atoms with Gasteiger partial charge in [-0.15, -0.1) is 0 Å². The third-order valence-corrected chi connectivity index (χ3v) is 4.45. The van der Waals surface area contributed by atoms with Crippen LogP contribution in [-0.2, 0) is 6.61 Å². The molecule has 0 amide bonds. The van der Waals surface area contributed by atoms with Crippen LogP contribution in [0.4, 0.5) is 0 Å². The SMILES string of the molecule is COc1ccccc1COc1cccc(-c2noc(-c3ccc(Cl)cc3)n2)c1. The molecule has 0 N–H and O–H groups in total. The molecule has 0 atom stereocenters. The molecule has 0 saturated heterocycles. The van der Waals surface area contributed by atoms with E-state index in [0.29, 0.717) is 29.1 Å². The highest BCUT2D eigenvalue weighted by atomic mass is 35.5. The van der Waals surface area contributed by atoms with Crippen LogP contribution < -0.4 is 9.47 Å². The van der Waals surface area contributed by atoms with Crippen LogP contribution in [0.15, 0.2) is 77.3 Å². The van der Waals surface area contributed by atoms with Gasteiger partial charge in [0.1, 0.15) is 18.1 Å². The summed E-state index contributed by atoms with van der Waals surface area (Å²) in [4.78, 5) is 4.47. The molecule has 5 nitrogen and oxygen atoms in total. The lowest BCUT2D eigenvalue weighted by Gasteiger charge is -2.10. The first-order valence-corrected chi connectivity index (χ1v) is 9.05. The van der Waals surface area contributed by atoms with Gasteiger partial charge in [0, 0.05) is 21.7 Å². The summed E-state index contributed by atoms with van der Waals surface area (Å²) >= 11 is 5.92. The van der Waals surface area contributed by atoms with Crippen molar-refractivity contribution in [1.29, 1.82) is 0 Å². The van der Waals surface area contributed by atoms with Gasteiger partial charge in [0.15, 0.2) is 0 Å². The van der Waals surface area contributed by atoms with Gasteiger partial charge in [0.25, 0.3) is 5.89 Å². The van der Waals surface area contributed by atoms with Crippen LogP contribution in [0.3, 0.4) is 0 Å². The quantitative estimate of drug-likeness (QED) is 0.424. The van der Waals surface area contributed by atoms with Gasteiger partial charge in [0.05, 0.1) is 7.11 Å². The van der Waals surface area contributed by atoms with E-state index in [0.717, 1.165) is 22.4 Å². The van der Waals surface area contributed by atoms with Crippen LogP contribution in [0.1, 0.15) is 5.56 Å². The summed E-state index contributed by atoms with van der Waals surface area (Å²) in [6.45, 7) is 0.399. The summed E-state index contributed by atoms with van der Waals surface area (Å²) in [6.07, 6.45) is 0. The standard InChI is InChI=1S/C22H17ClN2O3/c1-26-20-8-3-2-5-17(20)14-27-19-7-4-6-16(13-19)21-24-22(28-25-21)15-9-11-18(23)12-10-15/h2-13H,14H2,1H3. The van der Waals surface area contributed by atoms with Crippen molar-refractivity contribution >= 4 is 11.6 Å². The van der Waals surface area contributed by atoms with E-state index < -0.39 is 0 Å². The maximum Gasteiger partial charge on any atom is 0.258 e. The van der Waals surface area contributed by atoms with E-state index >= 15 is 0 Å². The zero-order valence-corrected chi connectivity index (χ0v) is 15.9. The number of para-hydroxylation sites is 1. The molecule has 0 unspecified atom stereocenters. The number of rotatable bonds is 6. The van der Waals surface area contributed by atoms with Crippen molar-refractivity contribution in [2.24, 2.45) is 0 Å². The maximum absolute atomic E-state index is 5.92. The Kier molecular flexibility index (Phi) is 5.26. The number of hydrogen-bond acceptors (Lipinski definition) is 5. The average molecular weight is 393 g/mol. The van der Waals surface area contributed by atoms with Crippen LogP contribution >= 0.6 is 11.6 Å². The summed E-state index contributed by atoms with van der Waals surface area (Å²) in [5, 5.41) is 4.73. The smallest absolute Gasteiger partial charge is 0.258 e. The number of methoxy groups -OCH3 is 1. The van der Waals surface area contributed by atoms with E-state index in [9.17, 15) is 0 Å². The fraction of sp³-hybridized carbons (Fsp3) is 0.0909. The van der Waals surface area contributed by atoms with E-state index in [-0.39, 0.29) is 0 Å². The van der Waals surface area contributed by atoms with E-state index in [1.165, 1.54) is 0 Å². The minimum Gasteiger partial charge on any atom is -0.496 e. The first kappa shape index (κ1) is 18.1. The molecule has 0 radical (unpaired) electrons. The van der Waals surface area contributed by atoms with Gasteiger partial charge < -0.3 is 14.0 Å². The van der Waals surface area contributed by atoms with Gasteiger partial charge in [0.2, 0.25) is 5.82 Å². The normalized spacial score (nSPS) is 10.6. The Balaban J connectivity index is 1.52. The Bertz CT molecular complexity index is 1080. The lowest BCUT2D eigenvalue weighted by molar-refractivity contribution is 0.297. The Morgan fingerprint density at radius 2 is 1.75 bits per heavy atom. The van der Waals surface area contributed by atoms with Crippen molar-refractivity contribution < 1.29 is 14.0 Å². The Hall–Kier alpha value is -3.31. The Morgan fingerprint density at radius 1 is 0.929 bits per heavy atom. The number of halogens is 1. The fourth-order valence-corrected chi connectivity index (χ4v) is 2.88. The molecule has 0 aliphatic rings. The van der Waals surface area contributed by atoms with Crippen LogP contribution in [0, 0.1) is 0 Å². The Labute approximate surface area is 167 Å². The predicted molar refractivity (Wildman–Crippen MR) is 108 cm³/mol. The summed E-state index contributed by atoms with van der Waals surface area (Å²) in [5.74, 6) is 2.44. The monoisotopic (exact) mass is 392 g/mol. The highest BCUT2D eigenvalue weighted by molar-refractivity contribution is 6.30. The first-order valence-electron chi connectivity index (χ1n) is 8.68. The van der Waals surface area contributed by atoms with Gasteiger partial charge >= 0.3 is 0 Å². The molecule has 4 rings (SSSR count). The molecule has 0 aliphatic heterocycles. The third kappa shape index (κ3) is 4.00. The number of aromatic nitrogens is 2. The minimum absolute atomic E-state index is 0.399. The molecular weight excluding hydrogens is 376 g/mol. The second-order valence-electron chi connectivity index (χ2n) is 6.06. The molecule has 0 fully saturated rings. The predicted octanol–water partition coefficient (Wildman–Crippen LogP) is 5.64. The minimum atomic E-state index is 0.399. The number of hydrogen-bond donors (Lipinski definition) is 0. The third-order valence-electron chi connectivity index (χ3n) is 4.20. The molecule has 1 aromatic heterocycles. The van der Waals surface area contributed by atoms with Gasteiger partial charge in [-0.2, -0.15) is 4.98 Å². The summed E-state index contributed by atoms with van der Waals surface area (Å²) in [6, 6.07) is 22.6. The van der Waals surface area contributed by atoms with E-state index in [1.54, 1.807) is 19.2 Å². The molecule has 28 heavy (non-hydrogen) atoms. The lowest BCUT2D eigenvalue weighted by atomic mass is 10.2. The number of benzene rings is 3. The molecule has 0 bridgehead atoms. The van der Waals surface area contributed by atoms with Gasteiger partial charge in [-0.1, -0.05) is 47.1 Å². The molecule has 3 aromatic carbocycles. The molecule has 140 valence electrons. The van der Waals surface area contributed by atoms with Crippen molar-refractivity contribution in [3.63, 3.8) is 0 Å². The van der Waals surface area contributed by atoms with Crippen LogP contribution in [0.25, 0.3) is 22.8 Å². The lowest BCUT2D eigenvalue weighted by Crippen LogP contribution is -1.98. The van der Waals surface area contributed by atoms with Gasteiger partial charge in [-0.25, -0.2) is 0 Å². The maximum atomic E-state index is 5.92. The topological polar surface area (TPSA) is 57.4 Å². The molecule has 1 heterocycles. The van der Waals surface area contributed by atoms with Crippen molar-refractivity contribution in [3.8, 4) is 34.3 Å². The van der Waals surface area contributed by atoms with Gasteiger partial charge in [-0.3, -0.25) is 0 Å². The zero-order valence-electron chi connectivity index (χ0n) is 15.1. The van der Waals surface area contributed by atoms with Crippen molar-refractivity contribution in [2.45, 2.75) is 6.61 Å². The average Bonchev–Trinajstić information content (AvgIpc) is 3.23. The highest BCUT2D eigenvalue weighted by Gasteiger charge is 2.11. The summed E-state index contributed by atoms with van der Waals surface area (Å²) in [5.41, 5.74) is 2.59. The summed E-state index contributed by atoms with van der Waals surface area (Å²) in [7, 11) is 1.65. The number of nitrogens with zero attached hydrogens (tertiary/aromatic N) is 2. The summed E-state index contributed by atoms with van der Waals surface area (Å²) < 4.78 is 16.7. The van der Waals surface area contributed by atoms with E-state index in [1.807, 2.05) is 60.7 Å². The first-order chi connectivity index (χ1) is 13.7. The van der Waals surface area contributed by atoms with Crippen molar-refractivity contribution in [3.05, 3.63) is 83.4 Å². The second kappa shape index (κ2) is 8.15. The van der Waals surface area contributed by atoms with Crippen LogP contribution in [-0.4, -0.2) is 17.3 Å². The molecule has 4 aromatic rings. The van der Waals surface area contributed by atoms with Crippen LogP contribution in [0.5, 0.6) is 11.5 Å². The Morgan fingerprint density at radius 3 is 2.57 bits per heavy atom. The van der Waals surface area contributed by atoms with Crippen LogP contribution in [0.2, 0.25) is 5.02 Å². The van der Waals surface area contributed by atoms with Crippen molar-refractivity contribution in [2.75, 3.05) is 7.11 Å². The van der Waals surface area contributed by atoms with Gasteiger partial charge in [-0.05, 0) is 42.5 Å². The second-order valence-corrected chi connectivity index (χ2v) is 6.49. The molecular formula is C22H17ClN2O3. The van der Waals surface area contributed by atoms with E-state index in [4.69, 9.17) is 25.6 Å². The molecule has 0 aliphatic carbocycles. The van der Waals surface area contributed by atoms with Crippen molar-refractivity contribution in [1.82, 2.24) is 10.1 Å². The van der Waals surface area contributed by atoms with E-state index in [2.05, 4.69) is 10.1 Å². The zero-order chi connectivity index (χ0) is 19.3. The molecule has 0 saturated carbocycles. The number of ether oxygens (including phenoxy) is 2. The molecule has 0 spiro atoms. The largest absolute Gasteiger partial charge is 0.496 e. The molecule has 6 heteroatoms. The highest BCUT2D eigenvalue weighted by Crippen LogP contribution is 2.27.